The van der Waals surface area contributed by atoms with Crippen molar-refractivity contribution in [2.45, 2.75) is 161 Å². The Morgan fingerprint density at radius 3 is 1.82 bits per heavy atom. The molecule has 2 fully saturated rings. The first kappa shape index (κ1) is 42.8. The molecular formula is C34H58O15. The van der Waals surface area contributed by atoms with Crippen LogP contribution in [0.15, 0.2) is 0 Å². The molecule has 0 radical (unpaired) electrons. The molecule has 9 unspecified atom stereocenters. The maximum Gasteiger partial charge on any atom is 0.308 e. The standard InChI is InChI=1S/C34H58O15/c1-7-8-9-10-11-12-13-14-15-16-25(38)45-29-28(46-31(41)20(2)3)26(39)23(17-35)44-33(29)49-34(19-43-22(6)37)30(47-32(42)21(4)5)27(40)24(18-36)48-34/h20-21,23-24,26-30,33,35-36,39-40H,7-19H2,1-6H3. The Hall–Kier alpha value is -2.40. The third-order valence-electron chi connectivity index (χ3n) is 8.44. The number of hydrogen-bond acceptors (Lipinski definition) is 15. The van der Waals surface area contributed by atoms with Crippen LogP contribution in [0.4, 0.5) is 0 Å². The van der Waals surface area contributed by atoms with Crippen molar-refractivity contribution in [1.82, 2.24) is 0 Å². The molecule has 2 heterocycles. The number of unbranched alkanes of at least 4 members (excludes halogenated alkanes) is 8. The third-order valence-corrected chi connectivity index (χ3v) is 8.44. The van der Waals surface area contributed by atoms with Crippen LogP contribution in [0.3, 0.4) is 0 Å². The zero-order valence-corrected chi connectivity index (χ0v) is 29.7. The molecule has 0 aromatic carbocycles. The zero-order chi connectivity index (χ0) is 36.7. The van der Waals surface area contributed by atoms with Crippen molar-refractivity contribution in [1.29, 1.82) is 0 Å². The summed E-state index contributed by atoms with van der Waals surface area (Å²) in [4.78, 5) is 50.7. The minimum atomic E-state index is -2.36. The molecule has 15 heteroatoms. The summed E-state index contributed by atoms with van der Waals surface area (Å²) >= 11 is 0. The monoisotopic (exact) mass is 706 g/mol. The summed E-state index contributed by atoms with van der Waals surface area (Å²) in [5, 5.41) is 42.2. The smallest absolute Gasteiger partial charge is 0.308 e. The highest BCUT2D eigenvalue weighted by molar-refractivity contribution is 5.72. The van der Waals surface area contributed by atoms with Gasteiger partial charge in [0.05, 0.1) is 25.0 Å². The lowest BCUT2D eigenvalue weighted by molar-refractivity contribution is -0.384. The molecule has 15 nitrogen and oxygen atoms in total. The lowest BCUT2D eigenvalue weighted by atomic mass is 9.97. The zero-order valence-electron chi connectivity index (χ0n) is 29.7. The van der Waals surface area contributed by atoms with E-state index in [1.54, 1.807) is 13.8 Å². The highest BCUT2D eigenvalue weighted by Crippen LogP contribution is 2.40. The third kappa shape index (κ3) is 12.7. The van der Waals surface area contributed by atoms with E-state index in [9.17, 15) is 39.6 Å². The van der Waals surface area contributed by atoms with Gasteiger partial charge in [0.1, 0.15) is 31.0 Å². The molecule has 2 rings (SSSR count). The number of ether oxygens (including phenoxy) is 7. The van der Waals surface area contributed by atoms with E-state index in [-0.39, 0.29) is 6.42 Å². The molecule has 0 bridgehead atoms. The predicted molar refractivity (Wildman–Crippen MR) is 171 cm³/mol. The molecule has 284 valence electrons. The van der Waals surface area contributed by atoms with E-state index in [2.05, 4.69) is 6.92 Å². The molecule has 2 aliphatic rings. The van der Waals surface area contributed by atoms with E-state index in [0.29, 0.717) is 6.42 Å². The Labute approximate surface area is 288 Å². The fraction of sp³-hybridized carbons (Fsp3) is 0.882. The maximum absolute atomic E-state index is 13.2. The average molecular weight is 707 g/mol. The summed E-state index contributed by atoms with van der Waals surface area (Å²) in [5.41, 5.74) is 0. The molecule has 4 N–H and O–H groups in total. The van der Waals surface area contributed by atoms with Gasteiger partial charge in [0.25, 0.3) is 0 Å². The molecule has 2 aliphatic heterocycles. The summed E-state index contributed by atoms with van der Waals surface area (Å²) in [6.07, 6.45) is -3.89. The molecule has 0 spiro atoms. The first-order chi connectivity index (χ1) is 23.2. The van der Waals surface area contributed by atoms with Gasteiger partial charge < -0.3 is 53.6 Å². The molecule has 0 aliphatic carbocycles. The van der Waals surface area contributed by atoms with Crippen LogP contribution < -0.4 is 0 Å². The second-order valence-corrected chi connectivity index (χ2v) is 13.4. The van der Waals surface area contributed by atoms with Gasteiger partial charge in [-0.05, 0) is 6.42 Å². The van der Waals surface area contributed by atoms with Gasteiger partial charge in [0.2, 0.25) is 12.1 Å². The summed E-state index contributed by atoms with van der Waals surface area (Å²) in [7, 11) is 0. The van der Waals surface area contributed by atoms with E-state index in [1.807, 2.05) is 0 Å². The Kier molecular flexibility index (Phi) is 18.4. The van der Waals surface area contributed by atoms with Crippen LogP contribution >= 0.6 is 0 Å². The van der Waals surface area contributed by atoms with Gasteiger partial charge in [-0.15, -0.1) is 0 Å². The molecule has 9 atom stereocenters. The van der Waals surface area contributed by atoms with Crippen LogP contribution in [-0.2, 0) is 52.3 Å². The SMILES string of the molecule is CCCCCCCCCCCC(=O)OC1C(OC2(COC(C)=O)OC(CO)C(O)C2OC(=O)C(C)C)OC(CO)C(O)C1OC(=O)C(C)C. The van der Waals surface area contributed by atoms with Crippen LogP contribution in [-0.4, -0.2) is 119 Å². The number of carbonyl (C=O) groups is 4. The van der Waals surface area contributed by atoms with Crippen molar-refractivity contribution >= 4 is 23.9 Å². The Bertz CT molecular complexity index is 1040. The van der Waals surface area contributed by atoms with E-state index in [0.717, 1.165) is 32.6 Å². The van der Waals surface area contributed by atoms with Crippen molar-refractivity contribution in [3.05, 3.63) is 0 Å². The van der Waals surface area contributed by atoms with E-state index in [4.69, 9.17) is 33.2 Å². The summed E-state index contributed by atoms with van der Waals surface area (Å²) in [6, 6.07) is 0. The molecule has 0 aromatic heterocycles. The number of aliphatic hydroxyl groups is 4. The summed E-state index contributed by atoms with van der Waals surface area (Å²) in [5.74, 6) is -6.76. The molecule has 0 aromatic rings. The number of rotatable bonds is 21. The molecule has 49 heavy (non-hydrogen) atoms. The van der Waals surface area contributed by atoms with Crippen molar-refractivity contribution in [2.24, 2.45) is 11.8 Å². The normalized spacial score (nSPS) is 30.0. The highest BCUT2D eigenvalue weighted by atomic mass is 16.8. The fourth-order valence-corrected chi connectivity index (χ4v) is 5.52. The second-order valence-electron chi connectivity index (χ2n) is 13.4. The lowest BCUT2D eigenvalue weighted by Crippen LogP contribution is -2.65. The number of carbonyl (C=O) groups excluding carboxylic acids is 4. The number of aliphatic hydroxyl groups excluding tert-OH is 4. The quantitative estimate of drug-likeness (QED) is 0.0764. The van der Waals surface area contributed by atoms with Gasteiger partial charge in [-0.2, -0.15) is 0 Å². The largest absolute Gasteiger partial charge is 0.460 e. The van der Waals surface area contributed by atoms with E-state index in [1.165, 1.54) is 39.5 Å². The summed E-state index contributed by atoms with van der Waals surface area (Å²) in [6.45, 7) is 7.09. The predicted octanol–water partition coefficient (Wildman–Crippen LogP) is 2.06. The van der Waals surface area contributed by atoms with Crippen molar-refractivity contribution in [3.63, 3.8) is 0 Å². The lowest BCUT2D eigenvalue weighted by Gasteiger charge is -2.46. The van der Waals surface area contributed by atoms with Gasteiger partial charge in [0.15, 0.2) is 18.3 Å². The number of hydrogen-bond donors (Lipinski definition) is 4. The fourth-order valence-electron chi connectivity index (χ4n) is 5.52. The Balaban J connectivity index is 2.41. The highest BCUT2D eigenvalue weighted by Gasteiger charge is 2.63. The van der Waals surface area contributed by atoms with Crippen molar-refractivity contribution < 1.29 is 72.8 Å². The van der Waals surface area contributed by atoms with E-state index < -0.39 is 110 Å². The Morgan fingerprint density at radius 2 is 1.29 bits per heavy atom. The topological polar surface area (TPSA) is 214 Å². The first-order valence-corrected chi connectivity index (χ1v) is 17.5. The summed E-state index contributed by atoms with van der Waals surface area (Å²) < 4.78 is 40.0. The van der Waals surface area contributed by atoms with Gasteiger partial charge in [-0.1, -0.05) is 86.0 Å². The van der Waals surface area contributed by atoms with Gasteiger partial charge in [-0.3, -0.25) is 19.2 Å². The maximum atomic E-state index is 13.2. The minimum Gasteiger partial charge on any atom is -0.460 e. The van der Waals surface area contributed by atoms with E-state index >= 15 is 0 Å². The minimum absolute atomic E-state index is 0.0154. The number of esters is 4. The van der Waals surface area contributed by atoms with Crippen LogP contribution in [0.25, 0.3) is 0 Å². The van der Waals surface area contributed by atoms with Gasteiger partial charge in [-0.25, -0.2) is 0 Å². The molecule has 0 saturated carbocycles. The second kappa shape index (κ2) is 21.1. The first-order valence-electron chi connectivity index (χ1n) is 17.5. The van der Waals surface area contributed by atoms with Crippen LogP contribution in [0.5, 0.6) is 0 Å². The molecule has 2 saturated heterocycles. The van der Waals surface area contributed by atoms with Crippen molar-refractivity contribution in [3.8, 4) is 0 Å². The van der Waals surface area contributed by atoms with Crippen LogP contribution in [0.2, 0.25) is 0 Å². The van der Waals surface area contributed by atoms with Crippen molar-refractivity contribution in [2.75, 3.05) is 19.8 Å². The molecule has 0 amide bonds. The Morgan fingerprint density at radius 1 is 0.735 bits per heavy atom. The molecular weight excluding hydrogens is 648 g/mol. The average Bonchev–Trinajstić information content (AvgIpc) is 3.31. The van der Waals surface area contributed by atoms with Gasteiger partial charge >= 0.3 is 23.9 Å². The van der Waals surface area contributed by atoms with Gasteiger partial charge in [0, 0.05) is 13.3 Å². The van der Waals surface area contributed by atoms with Crippen LogP contribution in [0.1, 0.15) is 106 Å². The van der Waals surface area contributed by atoms with Crippen LogP contribution in [0, 0.1) is 11.8 Å².